The molecule has 2 heteroatoms. The Kier molecular flexibility index (Phi) is 2.09. The maximum Gasteiger partial charge on any atom is 0.332 e. The van der Waals surface area contributed by atoms with E-state index in [2.05, 4.69) is 0 Å². The topological polar surface area (TPSA) is 37.3 Å². The van der Waals surface area contributed by atoms with Gasteiger partial charge in [-0.15, -0.1) is 0 Å². The highest BCUT2D eigenvalue weighted by molar-refractivity contribution is 5.91. The molecule has 1 atom stereocenters. The van der Waals surface area contributed by atoms with Crippen LogP contribution in [0.1, 0.15) is 27.7 Å². The van der Waals surface area contributed by atoms with E-state index < -0.39 is 5.97 Å². The Balaban J connectivity index is 3.17. The van der Waals surface area contributed by atoms with Gasteiger partial charge in [0.1, 0.15) is 0 Å². The van der Waals surface area contributed by atoms with Gasteiger partial charge < -0.3 is 5.11 Å². The number of hydrogen-bond donors (Lipinski definition) is 1. The minimum atomic E-state index is -0.781. The molecule has 0 heterocycles. The van der Waals surface area contributed by atoms with Gasteiger partial charge in [0.25, 0.3) is 0 Å². The zero-order valence-corrected chi connectivity index (χ0v) is 7.93. The molecule has 0 aliphatic heterocycles. The summed E-state index contributed by atoms with van der Waals surface area (Å²) in [5.41, 5.74) is 3.82. The second-order valence-electron chi connectivity index (χ2n) is 3.37. The molecule has 0 unspecified atom stereocenters. The van der Waals surface area contributed by atoms with Gasteiger partial charge in [-0.1, -0.05) is 12.5 Å². The van der Waals surface area contributed by atoms with Crippen molar-refractivity contribution in [3.63, 3.8) is 0 Å². The molecule has 0 fully saturated rings. The standard InChI is InChI=1S/C10H14O2/c1-5-6(2)8(4)9(7(5)3)10(11)12/h7H,1-4H3,(H,11,12)/t7-/m0/s1. The molecule has 0 spiro atoms. The van der Waals surface area contributed by atoms with Gasteiger partial charge in [0.2, 0.25) is 0 Å². The highest BCUT2D eigenvalue weighted by atomic mass is 16.4. The van der Waals surface area contributed by atoms with E-state index in [9.17, 15) is 4.79 Å². The van der Waals surface area contributed by atoms with Crippen LogP contribution in [-0.4, -0.2) is 11.1 Å². The van der Waals surface area contributed by atoms with E-state index in [-0.39, 0.29) is 5.92 Å². The van der Waals surface area contributed by atoms with Crippen molar-refractivity contribution in [3.8, 4) is 0 Å². The van der Waals surface area contributed by atoms with E-state index in [1.165, 1.54) is 5.57 Å². The van der Waals surface area contributed by atoms with E-state index >= 15 is 0 Å². The lowest BCUT2D eigenvalue weighted by atomic mass is 9.98. The van der Waals surface area contributed by atoms with Crippen LogP contribution in [0.5, 0.6) is 0 Å². The molecule has 1 N–H and O–H groups in total. The lowest BCUT2D eigenvalue weighted by Gasteiger charge is -2.06. The van der Waals surface area contributed by atoms with Crippen LogP contribution >= 0.6 is 0 Å². The molecule has 0 aromatic heterocycles. The minimum absolute atomic E-state index is 0.0856. The molecule has 1 aliphatic rings. The number of carbonyl (C=O) groups is 1. The summed E-state index contributed by atoms with van der Waals surface area (Å²) in [5, 5.41) is 8.91. The van der Waals surface area contributed by atoms with Crippen molar-refractivity contribution in [1.82, 2.24) is 0 Å². The number of aliphatic carboxylic acids is 1. The first kappa shape index (κ1) is 9.04. The first-order valence-electron chi connectivity index (χ1n) is 4.08. The highest BCUT2D eigenvalue weighted by Gasteiger charge is 2.27. The summed E-state index contributed by atoms with van der Waals surface area (Å²) in [6.45, 7) is 7.81. The molecule has 2 nitrogen and oxygen atoms in total. The van der Waals surface area contributed by atoms with Gasteiger partial charge in [-0.05, 0) is 31.9 Å². The van der Waals surface area contributed by atoms with Crippen LogP contribution in [0.15, 0.2) is 22.3 Å². The Bertz CT molecular complexity index is 295. The Labute approximate surface area is 72.6 Å². The SMILES string of the molecule is CC1=C(C)[C@H](C)C(C(=O)O)=C1C. The minimum Gasteiger partial charge on any atom is -0.478 e. The van der Waals surface area contributed by atoms with Crippen molar-refractivity contribution in [2.45, 2.75) is 27.7 Å². The smallest absolute Gasteiger partial charge is 0.332 e. The molecular weight excluding hydrogens is 152 g/mol. The highest BCUT2D eigenvalue weighted by Crippen LogP contribution is 2.36. The Morgan fingerprint density at radius 3 is 1.92 bits per heavy atom. The van der Waals surface area contributed by atoms with E-state index in [4.69, 9.17) is 5.11 Å². The van der Waals surface area contributed by atoms with Crippen molar-refractivity contribution < 1.29 is 9.90 Å². The van der Waals surface area contributed by atoms with Crippen LogP contribution in [0.3, 0.4) is 0 Å². The van der Waals surface area contributed by atoms with E-state index in [1.54, 1.807) is 0 Å². The molecule has 0 aromatic carbocycles. The Morgan fingerprint density at radius 2 is 1.75 bits per heavy atom. The average Bonchev–Trinajstić information content (AvgIpc) is 2.16. The molecule has 0 saturated heterocycles. The van der Waals surface area contributed by atoms with Crippen LogP contribution in [0, 0.1) is 5.92 Å². The molecular formula is C10H14O2. The van der Waals surface area contributed by atoms with Gasteiger partial charge in [0, 0.05) is 11.5 Å². The first-order valence-corrected chi connectivity index (χ1v) is 4.08. The third-order valence-corrected chi connectivity index (χ3v) is 2.87. The van der Waals surface area contributed by atoms with Gasteiger partial charge in [-0.3, -0.25) is 0 Å². The number of allylic oxidation sites excluding steroid dienone is 3. The number of carboxylic acid groups (broad SMARTS) is 1. The van der Waals surface area contributed by atoms with Gasteiger partial charge in [0.05, 0.1) is 0 Å². The van der Waals surface area contributed by atoms with Gasteiger partial charge >= 0.3 is 5.97 Å². The second-order valence-corrected chi connectivity index (χ2v) is 3.37. The molecule has 0 saturated carbocycles. The van der Waals surface area contributed by atoms with Crippen molar-refractivity contribution in [3.05, 3.63) is 22.3 Å². The quantitative estimate of drug-likeness (QED) is 0.649. The molecule has 12 heavy (non-hydrogen) atoms. The predicted octanol–water partition coefficient (Wildman–Crippen LogP) is 2.37. The van der Waals surface area contributed by atoms with E-state index in [0.717, 1.165) is 11.1 Å². The van der Waals surface area contributed by atoms with Gasteiger partial charge in [-0.2, -0.15) is 0 Å². The molecule has 0 radical (unpaired) electrons. The van der Waals surface area contributed by atoms with Crippen LogP contribution in [0.2, 0.25) is 0 Å². The second kappa shape index (κ2) is 2.77. The number of hydrogen-bond acceptors (Lipinski definition) is 1. The third-order valence-electron chi connectivity index (χ3n) is 2.87. The summed E-state index contributed by atoms with van der Waals surface area (Å²) < 4.78 is 0. The number of rotatable bonds is 1. The molecule has 0 bridgehead atoms. The Hall–Kier alpha value is -1.05. The summed E-state index contributed by atoms with van der Waals surface area (Å²) in [6, 6.07) is 0. The summed E-state index contributed by atoms with van der Waals surface area (Å²) in [6.07, 6.45) is 0. The molecule has 66 valence electrons. The van der Waals surface area contributed by atoms with Crippen LogP contribution in [-0.2, 0) is 4.79 Å². The summed E-state index contributed by atoms with van der Waals surface area (Å²) in [7, 11) is 0. The zero-order chi connectivity index (χ0) is 9.46. The van der Waals surface area contributed by atoms with Crippen molar-refractivity contribution in [2.75, 3.05) is 0 Å². The number of carboxylic acids is 1. The van der Waals surface area contributed by atoms with Gasteiger partial charge in [-0.25, -0.2) is 4.79 Å². The molecule has 1 aliphatic carbocycles. The fourth-order valence-corrected chi connectivity index (χ4v) is 1.71. The Morgan fingerprint density at radius 1 is 1.25 bits per heavy atom. The fraction of sp³-hybridized carbons (Fsp3) is 0.500. The average molecular weight is 166 g/mol. The maximum absolute atomic E-state index is 10.8. The van der Waals surface area contributed by atoms with Crippen LogP contribution in [0.4, 0.5) is 0 Å². The predicted molar refractivity (Wildman–Crippen MR) is 47.9 cm³/mol. The van der Waals surface area contributed by atoms with Crippen molar-refractivity contribution >= 4 is 5.97 Å². The maximum atomic E-state index is 10.8. The summed E-state index contributed by atoms with van der Waals surface area (Å²) >= 11 is 0. The summed E-state index contributed by atoms with van der Waals surface area (Å²) in [4.78, 5) is 10.8. The van der Waals surface area contributed by atoms with Crippen molar-refractivity contribution in [1.29, 1.82) is 0 Å². The third kappa shape index (κ3) is 1.07. The lowest BCUT2D eigenvalue weighted by molar-refractivity contribution is -0.133. The van der Waals surface area contributed by atoms with Crippen molar-refractivity contribution in [2.24, 2.45) is 5.92 Å². The lowest BCUT2D eigenvalue weighted by Crippen LogP contribution is -2.08. The normalized spacial score (nSPS) is 23.8. The zero-order valence-electron chi connectivity index (χ0n) is 7.93. The largest absolute Gasteiger partial charge is 0.478 e. The monoisotopic (exact) mass is 166 g/mol. The van der Waals surface area contributed by atoms with Crippen LogP contribution < -0.4 is 0 Å². The first-order chi connectivity index (χ1) is 5.46. The van der Waals surface area contributed by atoms with E-state index in [0.29, 0.717) is 5.57 Å². The molecule has 0 aromatic rings. The van der Waals surface area contributed by atoms with E-state index in [1.807, 2.05) is 27.7 Å². The molecule has 0 amide bonds. The fourth-order valence-electron chi connectivity index (χ4n) is 1.71. The van der Waals surface area contributed by atoms with Crippen LogP contribution in [0.25, 0.3) is 0 Å². The van der Waals surface area contributed by atoms with Gasteiger partial charge in [0.15, 0.2) is 0 Å². The molecule has 1 rings (SSSR count). The summed E-state index contributed by atoms with van der Waals surface area (Å²) in [5.74, 6) is -0.696.